The van der Waals surface area contributed by atoms with Crippen molar-refractivity contribution in [2.45, 2.75) is 25.7 Å². The van der Waals surface area contributed by atoms with Crippen molar-refractivity contribution in [1.82, 2.24) is 10.2 Å². The number of nitrogens with zero attached hydrogens (tertiary/aromatic N) is 1. The molecule has 1 aliphatic rings. The number of phenols is 1. The molecule has 1 saturated heterocycles. The Morgan fingerprint density at radius 2 is 1.90 bits per heavy atom. The van der Waals surface area contributed by atoms with E-state index in [9.17, 15) is 9.90 Å². The van der Waals surface area contributed by atoms with Crippen LogP contribution in [0.1, 0.15) is 31.2 Å². The van der Waals surface area contributed by atoms with E-state index in [0.717, 1.165) is 25.1 Å². The van der Waals surface area contributed by atoms with E-state index in [0.29, 0.717) is 0 Å². The first-order valence-corrected chi connectivity index (χ1v) is 7.71. The molecule has 0 radical (unpaired) electrons. The summed E-state index contributed by atoms with van der Waals surface area (Å²) in [4.78, 5) is 14.1. The molecule has 0 bridgehead atoms. The predicted molar refractivity (Wildman–Crippen MR) is 85.1 cm³/mol. The number of carbonyl (C=O) groups is 1. The van der Waals surface area contributed by atoms with Crippen LogP contribution in [0.4, 0.5) is 0 Å². The van der Waals surface area contributed by atoms with Crippen molar-refractivity contribution in [3.05, 3.63) is 35.9 Å². The molecule has 0 aromatic heterocycles. The van der Waals surface area contributed by atoms with Crippen molar-refractivity contribution < 1.29 is 9.90 Å². The molecule has 4 heteroatoms. The fraction of sp³-hybridized carbons (Fsp3) is 0.471. The lowest BCUT2D eigenvalue weighted by Crippen LogP contribution is -2.33. The third-order valence-corrected chi connectivity index (χ3v) is 3.72. The molecular formula is C17H24N2O2. The zero-order valence-corrected chi connectivity index (χ0v) is 12.4. The quantitative estimate of drug-likeness (QED) is 0.624. The largest absolute Gasteiger partial charge is 0.508 e. The van der Waals surface area contributed by atoms with E-state index < -0.39 is 0 Å². The Hall–Kier alpha value is -1.81. The van der Waals surface area contributed by atoms with Gasteiger partial charge in [0.2, 0.25) is 5.91 Å². The second kappa shape index (κ2) is 8.47. The minimum Gasteiger partial charge on any atom is -0.508 e. The van der Waals surface area contributed by atoms with Gasteiger partial charge in [-0.15, -0.1) is 0 Å². The highest BCUT2D eigenvalue weighted by Gasteiger charge is 2.08. The van der Waals surface area contributed by atoms with E-state index in [1.165, 1.54) is 38.4 Å². The molecular weight excluding hydrogens is 264 g/mol. The summed E-state index contributed by atoms with van der Waals surface area (Å²) in [5.74, 6) is 0.163. The number of rotatable bonds is 6. The topological polar surface area (TPSA) is 52.6 Å². The van der Waals surface area contributed by atoms with Gasteiger partial charge in [-0.1, -0.05) is 18.6 Å². The van der Waals surface area contributed by atoms with E-state index >= 15 is 0 Å². The van der Waals surface area contributed by atoms with Gasteiger partial charge in [-0.25, -0.2) is 0 Å². The smallest absolute Gasteiger partial charge is 0.243 e. The lowest BCUT2D eigenvalue weighted by atomic mass is 10.1. The maximum Gasteiger partial charge on any atom is 0.243 e. The zero-order valence-electron chi connectivity index (χ0n) is 12.4. The Labute approximate surface area is 126 Å². The molecule has 2 N–H and O–H groups in total. The molecule has 4 nitrogen and oxygen atoms in total. The predicted octanol–water partition coefficient (Wildman–Crippen LogP) is 2.40. The number of nitrogens with one attached hydrogen (secondary N) is 1. The second-order valence-corrected chi connectivity index (χ2v) is 5.47. The molecule has 2 rings (SSSR count). The molecule has 0 atom stereocenters. The van der Waals surface area contributed by atoms with Crippen LogP contribution in [0.2, 0.25) is 0 Å². The van der Waals surface area contributed by atoms with Crippen LogP contribution < -0.4 is 5.32 Å². The third-order valence-electron chi connectivity index (χ3n) is 3.72. The van der Waals surface area contributed by atoms with Crippen molar-refractivity contribution in [2.24, 2.45) is 0 Å². The third kappa shape index (κ3) is 6.00. The number of amides is 1. The van der Waals surface area contributed by atoms with Gasteiger partial charge < -0.3 is 15.3 Å². The first kappa shape index (κ1) is 15.6. The van der Waals surface area contributed by atoms with Crippen molar-refractivity contribution in [3.8, 4) is 5.75 Å². The summed E-state index contributed by atoms with van der Waals surface area (Å²) < 4.78 is 0. The summed E-state index contributed by atoms with van der Waals surface area (Å²) >= 11 is 0. The minimum absolute atomic E-state index is 0.0679. The van der Waals surface area contributed by atoms with Crippen molar-refractivity contribution in [1.29, 1.82) is 0 Å². The molecule has 0 spiro atoms. The number of benzene rings is 1. The summed E-state index contributed by atoms with van der Waals surface area (Å²) in [7, 11) is 0. The average Bonchev–Trinajstić information content (AvgIpc) is 2.52. The molecule has 0 saturated carbocycles. The molecule has 1 aliphatic heterocycles. The monoisotopic (exact) mass is 288 g/mol. The van der Waals surface area contributed by atoms with E-state index in [1.54, 1.807) is 30.3 Å². The van der Waals surface area contributed by atoms with Crippen LogP contribution >= 0.6 is 0 Å². The van der Waals surface area contributed by atoms with Gasteiger partial charge >= 0.3 is 0 Å². The normalized spacial score (nSPS) is 16.2. The highest BCUT2D eigenvalue weighted by atomic mass is 16.3. The van der Waals surface area contributed by atoms with Crippen LogP contribution in [-0.4, -0.2) is 42.1 Å². The molecule has 1 aromatic carbocycles. The average molecular weight is 288 g/mol. The van der Waals surface area contributed by atoms with Gasteiger partial charge in [0, 0.05) is 12.6 Å². The van der Waals surface area contributed by atoms with Crippen molar-refractivity contribution in [2.75, 3.05) is 26.2 Å². The number of hydrogen-bond acceptors (Lipinski definition) is 3. The first-order valence-electron chi connectivity index (χ1n) is 7.71. The molecule has 1 aromatic rings. The SMILES string of the molecule is O=C(/C=C/c1ccc(O)cc1)NCCCN1CCCCC1. The molecule has 114 valence electrons. The van der Waals surface area contributed by atoms with Crippen molar-refractivity contribution >= 4 is 12.0 Å². The fourth-order valence-electron chi connectivity index (χ4n) is 2.51. The molecule has 1 heterocycles. The number of carbonyl (C=O) groups excluding carboxylic acids is 1. The Morgan fingerprint density at radius 1 is 1.19 bits per heavy atom. The van der Waals surface area contributed by atoms with Crippen LogP contribution in [0.15, 0.2) is 30.3 Å². The zero-order chi connectivity index (χ0) is 14.9. The van der Waals surface area contributed by atoms with E-state index in [2.05, 4.69) is 10.2 Å². The van der Waals surface area contributed by atoms with Crippen molar-refractivity contribution in [3.63, 3.8) is 0 Å². The molecule has 1 amide bonds. The number of aromatic hydroxyl groups is 1. The van der Waals surface area contributed by atoms with E-state index in [-0.39, 0.29) is 11.7 Å². The van der Waals surface area contributed by atoms with Crippen LogP contribution in [-0.2, 0) is 4.79 Å². The second-order valence-electron chi connectivity index (χ2n) is 5.47. The van der Waals surface area contributed by atoms with E-state index in [4.69, 9.17) is 0 Å². The Morgan fingerprint density at radius 3 is 2.62 bits per heavy atom. The first-order chi connectivity index (χ1) is 10.2. The maximum absolute atomic E-state index is 11.7. The van der Waals surface area contributed by atoms with Crippen LogP contribution in [0.3, 0.4) is 0 Å². The minimum atomic E-state index is -0.0679. The highest BCUT2D eigenvalue weighted by molar-refractivity contribution is 5.91. The Kier molecular flexibility index (Phi) is 6.28. The Balaban J connectivity index is 1.61. The number of phenolic OH excluding ortho intramolecular Hbond substituents is 1. The maximum atomic E-state index is 11.7. The standard InChI is InChI=1S/C17H24N2O2/c20-16-8-5-15(6-9-16)7-10-17(21)18-11-4-14-19-12-2-1-3-13-19/h5-10,20H,1-4,11-14H2,(H,18,21)/b10-7+. The van der Waals surface area contributed by atoms with Gasteiger partial charge in [0.25, 0.3) is 0 Å². The van der Waals surface area contributed by atoms with Crippen LogP contribution in [0.25, 0.3) is 6.08 Å². The molecule has 1 fully saturated rings. The summed E-state index contributed by atoms with van der Waals surface area (Å²) in [6, 6.07) is 6.76. The van der Waals surface area contributed by atoms with Gasteiger partial charge in [-0.3, -0.25) is 4.79 Å². The number of likely N-dealkylation sites (tertiary alicyclic amines) is 1. The molecule has 21 heavy (non-hydrogen) atoms. The summed E-state index contributed by atoms with van der Waals surface area (Å²) in [5.41, 5.74) is 0.899. The summed E-state index contributed by atoms with van der Waals surface area (Å²) in [5, 5.41) is 12.1. The molecule has 0 unspecified atom stereocenters. The van der Waals surface area contributed by atoms with Gasteiger partial charge in [0.15, 0.2) is 0 Å². The van der Waals surface area contributed by atoms with Gasteiger partial charge in [-0.05, 0) is 62.7 Å². The van der Waals surface area contributed by atoms with Gasteiger partial charge in [0.05, 0.1) is 0 Å². The van der Waals surface area contributed by atoms with Crippen LogP contribution in [0, 0.1) is 0 Å². The van der Waals surface area contributed by atoms with E-state index in [1.807, 2.05) is 0 Å². The van der Waals surface area contributed by atoms with Gasteiger partial charge in [0.1, 0.15) is 5.75 Å². The lowest BCUT2D eigenvalue weighted by molar-refractivity contribution is -0.116. The lowest BCUT2D eigenvalue weighted by Gasteiger charge is -2.26. The molecule has 0 aliphatic carbocycles. The summed E-state index contributed by atoms with van der Waals surface area (Å²) in [6.45, 7) is 4.20. The number of hydrogen-bond donors (Lipinski definition) is 2. The Bertz CT molecular complexity index is 462. The summed E-state index contributed by atoms with van der Waals surface area (Å²) in [6.07, 6.45) is 8.25. The highest BCUT2D eigenvalue weighted by Crippen LogP contribution is 2.10. The fourth-order valence-corrected chi connectivity index (χ4v) is 2.51. The van der Waals surface area contributed by atoms with Crippen LogP contribution in [0.5, 0.6) is 5.75 Å². The van der Waals surface area contributed by atoms with Gasteiger partial charge in [-0.2, -0.15) is 0 Å². The number of piperidine rings is 1.